The first-order valence-electron chi connectivity index (χ1n) is 8.46. The molecule has 9 nitrogen and oxygen atoms in total. The largest absolute Gasteiger partial charge is 0.373 e. The van der Waals surface area contributed by atoms with Crippen molar-refractivity contribution in [2.75, 3.05) is 10.2 Å². The van der Waals surface area contributed by atoms with Crippen LogP contribution in [0, 0.1) is 12.8 Å². The van der Waals surface area contributed by atoms with Crippen LogP contribution in [0.4, 0.5) is 11.6 Å². The van der Waals surface area contributed by atoms with Crippen LogP contribution in [-0.4, -0.2) is 38.3 Å². The van der Waals surface area contributed by atoms with Crippen LogP contribution in [0.1, 0.15) is 41.5 Å². The highest BCUT2D eigenvalue weighted by atomic mass is 16.5. The lowest BCUT2D eigenvalue weighted by molar-refractivity contribution is -0.119. The molecule has 1 aromatic carbocycles. The summed E-state index contributed by atoms with van der Waals surface area (Å²) in [5.74, 6) is -1.03. The molecule has 3 rings (SSSR count). The smallest absolute Gasteiger partial charge is 0.274 e. The first kappa shape index (κ1) is 18.7. The molecule has 0 saturated heterocycles. The highest BCUT2D eigenvalue weighted by Crippen LogP contribution is 2.41. The van der Waals surface area contributed by atoms with Gasteiger partial charge in [-0.05, 0) is 36.8 Å². The highest BCUT2D eigenvalue weighted by molar-refractivity contribution is 5.97. The summed E-state index contributed by atoms with van der Waals surface area (Å²) in [5.41, 5.74) is 3.70. The Morgan fingerprint density at radius 2 is 2.00 bits per heavy atom. The number of nitrogens with one attached hydrogen (secondary N) is 2. The molecule has 0 aliphatic carbocycles. The number of anilines is 2. The van der Waals surface area contributed by atoms with Gasteiger partial charge in [0.15, 0.2) is 0 Å². The van der Waals surface area contributed by atoms with E-state index >= 15 is 0 Å². The van der Waals surface area contributed by atoms with Crippen LogP contribution in [0.15, 0.2) is 30.5 Å². The molecule has 0 saturated carbocycles. The molecule has 0 unspecified atom stereocenters. The zero-order valence-corrected chi connectivity index (χ0v) is 15.2. The van der Waals surface area contributed by atoms with Crippen molar-refractivity contribution in [1.29, 1.82) is 0 Å². The van der Waals surface area contributed by atoms with Gasteiger partial charge in [0.25, 0.3) is 5.91 Å². The molecule has 27 heavy (non-hydrogen) atoms. The number of aliphatic hydroxyl groups is 1. The van der Waals surface area contributed by atoms with E-state index in [0.29, 0.717) is 17.2 Å². The number of amides is 2. The number of hydroxylamine groups is 1. The first-order valence-corrected chi connectivity index (χ1v) is 8.46. The third-order valence-electron chi connectivity index (χ3n) is 4.67. The Kier molecular flexibility index (Phi) is 5.06. The van der Waals surface area contributed by atoms with Gasteiger partial charge in [-0.15, -0.1) is 0 Å². The summed E-state index contributed by atoms with van der Waals surface area (Å²) in [7, 11) is 0. The van der Waals surface area contributed by atoms with Crippen molar-refractivity contribution in [1.82, 2.24) is 15.4 Å². The van der Waals surface area contributed by atoms with Crippen molar-refractivity contribution >= 4 is 23.5 Å². The molecule has 2 aromatic rings. The van der Waals surface area contributed by atoms with Crippen molar-refractivity contribution < 1.29 is 19.9 Å². The molecule has 0 bridgehead atoms. The second kappa shape index (κ2) is 7.29. The number of benzene rings is 1. The highest BCUT2D eigenvalue weighted by Gasteiger charge is 2.40. The summed E-state index contributed by atoms with van der Waals surface area (Å²) < 4.78 is 0. The van der Waals surface area contributed by atoms with Gasteiger partial charge < -0.3 is 10.4 Å². The Labute approximate surface area is 156 Å². The maximum atomic E-state index is 12.1. The van der Waals surface area contributed by atoms with Gasteiger partial charge >= 0.3 is 0 Å². The summed E-state index contributed by atoms with van der Waals surface area (Å²) in [5, 5.41) is 22.8. The Bertz CT molecular complexity index is 888. The second-order valence-electron chi connectivity index (χ2n) is 6.52. The minimum Gasteiger partial charge on any atom is -0.373 e. The lowest BCUT2D eigenvalue weighted by atomic mass is 9.85. The summed E-state index contributed by atoms with van der Waals surface area (Å²) in [6.07, 6.45) is 0.558. The molecule has 4 N–H and O–H groups in total. The molecule has 1 aromatic heterocycles. The standard InChI is InChI=1S/C18H21N5O4/c1-9-6-7-19-18(20-9)21-15-10(2)17(26)23(11(3)24)14-5-4-12(8-13(14)15)16(25)22-27/h4-8,10,15,17,26-27H,1-3H3,(H,22,25)(H,19,20,21)/t10-,15-,17+/m1/s1. The maximum absolute atomic E-state index is 12.1. The number of carbonyl (C=O) groups excluding carboxylic acids is 2. The molecule has 0 fully saturated rings. The molecular formula is C18H21N5O4. The monoisotopic (exact) mass is 371 g/mol. The van der Waals surface area contributed by atoms with E-state index in [2.05, 4.69) is 15.3 Å². The SMILES string of the molecule is CC(=O)N1c2ccc(C(=O)NO)cc2[C@H](Nc2nccc(C)n2)[C@@H](C)[C@@H]1O. The Morgan fingerprint density at radius 1 is 1.26 bits per heavy atom. The van der Waals surface area contributed by atoms with E-state index < -0.39 is 24.1 Å². The van der Waals surface area contributed by atoms with Gasteiger partial charge in [-0.25, -0.2) is 15.4 Å². The third-order valence-corrected chi connectivity index (χ3v) is 4.67. The van der Waals surface area contributed by atoms with Crippen LogP contribution in [0.25, 0.3) is 0 Å². The minimum atomic E-state index is -1.06. The lowest BCUT2D eigenvalue weighted by Gasteiger charge is -2.42. The summed E-state index contributed by atoms with van der Waals surface area (Å²) in [4.78, 5) is 33.7. The minimum absolute atomic E-state index is 0.223. The first-order chi connectivity index (χ1) is 12.8. The molecule has 142 valence electrons. The van der Waals surface area contributed by atoms with Crippen LogP contribution in [0.3, 0.4) is 0 Å². The van der Waals surface area contributed by atoms with E-state index in [1.54, 1.807) is 36.8 Å². The zero-order valence-electron chi connectivity index (χ0n) is 15.2. The van der Waals surface area contributed by atoms with E-state index in [4.69, 9.17) is 5.21 Å². The molecule has 2 heterocycles. The average Bonchev–Trinajstić information content (AvgIpc) is 2.64. The number of aryl methyl sites for hydroxylation is 1. The third kappa shape index (κ3) is 3.46. The summed E-state index contributed by atoms with van der Waals surface area (Å²) >= 11 is 0. The quantitative estimate of drug-likeness (QED) is 0.474. The normalized spacial score (nSPS) is 21.4. The van der Waals surface area contributed by atoms with E-state index in [9.17, 15) is 14.7 Å². The van der Waals surface area contributed by atoms with E-state index in [1.807, 2.05) is 6.92 Å². The number of nitrogens with zero attached hydrogens (tertiary/aromatic N) is 3. The maximum Gasteiger partial charge on any atom is 0.274 e. The van der Waals surface area contributed by atoms with Crippen molar-refractivity contribution in [2.45, 2.75) is 33.0 Å². The number of hydrogen-bond acceptors (Lipinski definition) is 7. The van der Waals surface area contributed by atoms with Gasteiger partial charge in [-0.1, -0.05) is 6.92 Å². The Balaban J connectivity index is 2.11. The van der Waals surface area contributed by atoms with Gasteiger partial charge in [0.05, 0.1) is 11.7 Å². The fraction of sp³-hybridized carbons (Fsp3) is 0.333. The topological polar surface area (TPSA) is 128 Å². The Hall–Kier alpha value is -3.04. The number of carbonyl (C=O) groups is 2. The van der Waals surface area contributed by atoms with Crippen molar-refractivity contribution in [3.05, 3.63) is 47.3 Å². The fourth-order valence-corrected chi connectivity index (χ4v) is 3.28. The van der Waals surface area contributed by atoms with Crippen LogP contribution in [0.5, 0.6) is 0 Å². The fourth-order valence-electron chi connectivity index (χ4n) is 3.28. The molecule has 1 aliphatic rings. The second-order valence-corrected chi connectivity index (χ2v) is 6.52. The molecule has 9 heteroatoms. The molecule has 1 aliphatic heterocycles. The van der Waals surface area contributed by atoms with Crippen LogP contribution >= 0.6 is 0 Å². The van der Waals surface area contributed by atoms with Gasteiger partial charge in [0.1, 0.15) is 6.23 Å². The van der Waals surface area contributed by atoms with Gasteiger partial charge in [0.2, 0.25) is 11.9 Å². The van der Waals surface area contributed by atoms with Crippen molar-refractivity contribution in [3.63, 3.8) is 0 Å². The van der Waals surface area contributed by atoms with Crippen LogP contribution < -0.4 is 15.7 Å². The van der Waals surface area contributed by atoms with Gasteiger partial charge in [-0.2, -0.15) is 0 Å². The molecule has 2 amide bonds. The predicted octanol–water partition coefficient (Wildman–Crippen LogP) is 1.38. The molecule has 0 radical (unpaired) electrons. The predicted molar refractivity (Wildman–Crippen MR) is 97.2 cm³/mol. The zero-order chi connectivity index (χ0) is 19.7. The summed E-state index contributed by atoms with van der Waals surface area (Å²) in [6, 6.07) is 5.93. The number of aliphatic hydroxyl groups excluding tert-OH is 1. The van der Waals surface area contributed by atoms with E-state index in [0.717, 1.165) is 5.69 Å². The van der Waals surface area contributed by atoms with E-state index in [1.165, 1.54) is 17.9 Å². The average molecular weight is 371 g/mol. The summed E-state index contributed by atoms with van der Waals surface area (Å²) in [6.45, 7) is 4.99. The molecular weight excluding hydrogens is 350 g/mol. The van der Waals surface area contributed by atoms with Gasteiger partial charge in [0, 0.05) is 30.3 Å². The van der Waals surface area contributed by atoms with E-state index in [-0.39, 0.29) is 11.5 Å². The number of rotatable bonds is 3. The van der Waals surface area contributed by atoms with Crippen LogP contribution in [0.2, 0.25) is 0 Å². The van der Waals surface area contributed by atoms with Crippen LogP contribution in [-0.2, 0) is 4.79 Å². The Morgan fingerprint density at radius 3 is 2.63 bits per heavy atom. The molecule has 3 atom stereocenters. The van der Waals surface area contributed by atoms with Crippen molar-refractivity contribution in [2.24, 2.45) is 5.92 Å². The molecule has 0 spiro atoms. The lowest BCUT2D eigenvalue weighted by Crippen LogP contribution is -2.50. The number of hydrogen-bond donors (Lipinski definition) is 4. The van der Waals surface area contributed by atoms with Crippen molar-refractivity contribution in [3.8, 4) is 0 Å². The number of fused-ring (bicyclic) bond motifs is 1. The number of aromatic nitrogens is 2. The van der Waals surface area contributed by atoms with Gasteiger partial charge in [-0.3, -0.25) is 19.7 Å².